The molecule has 3 aromatic carbocycles. The lowest BCUT2D eigenvalue weighted by molar-refractivity contribution is -0.117. The van der Waals surface area contributed by atoms with E-state index in [-0.39, 0.29) is 54.4 Å². The molecule has 39 heavy (non-hydrogen) atoms. The summed E-state index contributed by atoms with van der Waals surface area (Å²) in [5, 5.41) is 0. The second-order valence-electron chi connectivity index (χ2n) is 7.98. The first kappa shape index (κ1) is 28.3. The number of ether oxygens (including phenoxy) is 4. The Morgan fingerprint density at radius 3 is 1.56 bits per heavy atom. The molecule has 3 aromatic rings. The second kappa shape index (κ2) is 13.9. The molecule has 0 aliphatic heterocycles. The Balaban J connectivity index is 1.69. The fraction of sp³-hybridized carbons (Fsp3) is 0.0968. The normalized spacial score (nSPS) is 10.1. The van der Waals surface area contributed by atoms with E-state index in [1.807, 2.05) is 12.1 Å². The molecule has 3 rings (SSSR count). The Kier molecular flexibility index (Phi) is 10.1. The van der Waals surface area contributed by atoms with E-state index < -0.39 is 5.97 Å². The predicted octanol–water partition coefficient (Wildman–Crippen LogP) is 4.97. The molecule has 0 radical (unpaired) electrons. The molecule has 0 saturated heterocycles. The Hall–Kier alpha value is -5.24. The standard InChI is InChI=1S/C31H26O8/c1-4-24(32)18-36-27-13-11-22(12-14-27)21-7-9-23(10-8-21)31(35)39-28-15-16-29(37-19-25(33)5-2)30(17-28)38-20-26(34)6-3/h4-17H,1-3,18-20H2. The van der Waals surface area contributed by atoms with Gasteiger partial charge in [-0.05, 0) is 65.8 Å². The number of hydrogen-bond acceptors (Lipinski definition) is 8. The Labute approximate surface area is 225 Å². The van der Waals surface area contributed by atoms with Crippen LogP contribution in [0.15, 0.2) is 105 Å². The van der Waals surface area contributed by atoms with Gasteiger partial charge < -0.3 is 18.9 Å². The zero-order valence-corrected chi connectivity index (χ0v) is 21.1. The van der Waals surface area contributed by atoms with Crippen LogP contribution in [0.1, 0.15) is 10.4 Å². The minimum atomic E-state index is -0.610. The van der Waals surface area contributed by atoms with E-state index in [0.29, 0.717) is 11.3 Å². The van der Waals surface area contributed by atoms with Gasteiger partial charge in [-0.2, -0.15) is 0 Å². The highest BCUT2D eigenvalue weighted by Crippen LogP contribution is 2.32. The van der Waals surface area contributed by atoms with Gasteiger partial charge in [-0.3, -0.25) is 14.4 Å². The van der Waals surface area contributed by atoms with Gasteiger partial charge in [0.15, 0.2) is 48.7 Å². The molecule has 0 bridgehead atoms. The van der Waals surface area contributed by atoms with Crippen molar-refractivity contribution in [3.05, 3.63) is 110 Å². The molecule has 0 unspecified atom stereocenters. The first-order chi connectivity index (χ1) is 18.8. The lowest BCUT2D eigenvalue weighted by atomic mass is 10.0. The minimum Gasteiger partial charge on any atom is -0.485 e. The topological polar surface area (TPSA) is 105 Å². The van der Waals surface area contributed by atoms with Crippen molar-refractivity contribution in [3.63, 3.8) is 0 Å². The van der Waals surface area contributed by atoms with Gasteiger partial charge in [0, 0.05) is 6.07 Å². The molecule has 0 fully saturated rings. The van der Waals surface area contributed by atoms with Gasteiger partial charge in [0.2, 0.25) is 0 Å². The van der Waals surface area contributed by atoms with Crippen LogP contribution in [0, 0.1) is 0 Å². The molecular weight excluding hydrogens is 500 g/mol. The third-order valence-electron chi connectivity index (χ3n) is 5.24. The summed E-state index contributed by atoms with van der Waals surface area (Å²) in [5.41, 5.74) is 2.06. The molecular formula is C31H26O8. The summed E-state index contributed by atoms with van der Waals surface area (Å²) in [5.74, 6) is -0.521. The van der Waals surface area contributed by atoms with Crippen molar-refractivity contribution in [2.45, 2.75) is 0 Å². The highest BCUT2D eigenvalue weighted by atomic mass is 16.5. The molecule has 0 saturated carbocycles. The molecule has 0 heterocycles. The molecule has 0 N–H and O–H groups in total. The maximum atomic E-state index is 12.8. The quantitative estimate of drug-likeness (QED) is 0.155. The lowest BCUT2D eigenvalue weighted by Crippen LogP contribution is -2.12. The van der Waals surface area contributed by atoms with Gasteiger partial charge in [0.1, 0.15) is 11.5 Å². The van der Waals surface area contributed by atoms with Crippen LogP contribution in [0.4, 0.5) is 0 Å². The van der Waals surface area contributed by atoms with Crippen LogP contribution >= 0.6 is 0 Å². The average molecular weight is 527 g/mol. The first-order valence-electron chi connectivity index (χ1n) is 11.7. The van der Waals surface area contributed by atoms with Crippen molar-refractivity contribution in [2.75, 3.05) is 19.8 Å². The van der Waals surface area contributed by atoms with Crippen molar-refractivity contribution in [2.24, 2.45) is 0 Å². The Morgan fingerprint density at radius 1 is 0.564 bits per heavy atom. The van der Waals surface area contributed by atoms with Crippen LogP contribution in [-0.4, -0.2) is 43.1 Å². The summed E-state index contributed by atoms with van der Waals surface area (Å²) < 4.78 is 21.8. The van der Waals surface area contributed by atoms with Crippen LogP contribution in [0.5, 0.6) is 23.0 Å². The monoisotopic (exact) mass is 526 g/mol. The van der Waals surface area contributed by atoms with E-state index in [1.54, 1.807) is 36.4 Å². The Bertz CT molecular complexity index is 1390. The number of hydrogen-bond donors (Lipinski definition) is 0. The van der Waals surface area contributed by atoms with Crippen LogP contribution in [0.25, 0.3) is 11.1 Å². The maximum Gasteiger partial charge on any atom is 0.343 e. The molecule has 0 aromatic heterocycles. The number of esters is 1. The number of carbonyl (C=O) groups is 4. The summed E-state index contributed by atoms with van der Waals surface area (Å²) in [6.07, 6.45) is 3.45. The molecule has 8 nitrogen and oxygen atoms in total. The highest BCUT2D eigenvalue weighted by Gasteiger charge is 2.14. The average Bonchev–Trinajstić information content (AvgIpc) is 2.98. The zero-order valence-electron chi connectivity index (χ0n) is 21.1. The van der Waals surface area contributed by atoms with Crippen LogP contribution < -0.4 is 18.9 Å². The van der Waals surface area contributed by atoms with Crippen LogP contribution in [0.2, 0.25) is 0 Å². The van der Waals surface area contributed by atoms with E-state index in [1.165, 1.54) is 24.3 Å². The maximum absolute atomic E-state index is 12.8. The third kappa shape index (κ3) is 8.40. The highest BCUT2D eigenvalue weighted by molar-refractivity contribution is 5.92. The second-order valence-corrected chi connectivity index (χ2v) is 7.98. The van der Waals surface area contributed by atoms with E-state index in [9.17, 15) is 19.2 Å². The van der Waals surface area contributed by atoms with Gasteiger partial charge in [0.05, 0.1) is 5.56 Å². The van der Waals surface area contributed by atoms with Gasteiger partial charge in [0.25, 0.3) is 0 Å². The number of rotatable bonds is 15. The van der Waals surface area contributed by atoms with Crippen molar-refractivity contribution >= 4 is 23.3 Å². The van der Waals surface area contributed by atoms with Crippen molar-refractivity contribution in [3.8, 4) is 34.1 Å². The van der Waals surface area contributed by atoms with E-state index in [2.05, 4.69) is 19.7 Å². The smallest absolute Gasteiger partial charge is 0.343 e. The molecule has 8 heteroatoms. The van der Waals surface area contributed by atoms with Gasteiger partial charge >= 0.3 is 5.97 Å². The lowest BCUT2D eigenvalue weighted by Gasteiger charge is -2.13. The summed E-state index contributed by atoms with van der Waals surface area (Å²) in [7, 11) is 0. The van der Waals surface area contributed by atoms with E-state index in [4.69, 9.17) is 18.9 Å². The van der Waals surface area contributed by atoms with Crippen molar-refractivity contribution < 1.29 is 38.1 Å². The van der Waals surface area contributed by atoms with E-state index >= 15 is 0 Å². The summed E-state index contributed by atoms with van der Waals surface area (Å²) in [4.78, 5) is 47.2. The summed E-state index contributed by atoms with van der Waals surface area (Å²) in [6.45, 7) is 9.53. The molecule has 0 amide bonds. The zero-order chi connectivity index (χ0) is 28.2. The fourth-order valence-electron chi connectivity index (χ4n) is 3.12. The molecule has 198 valence electrons. The van der Waals surface area contributed by atoms with Crippen molar-refractivity contribution in [1.29, 1.82) is 0 Å². The molecule has 0 aliphatic carbocycles. The number of benzene rings is 3. The molecule has 0 atom stereocenters. The Morgan fingerprint density at radius 2 is 1.03 bits per heavy atom. The first-order valence-corrected chi connectivity index (χ1v) is 11.7. The van der Waals surface area contributed by atoms with E-state index in [0.717, 1.165) is 23.3 Å². The number of ketones is 3. The minimum absolute atomic E-state index is 0.0784. The third-order valence-corrected chi connectivity index (χ3v) is 5.24. The summed E-state index contributed by atoms with van der Waals surface area (Å²) >= 11 is 0. The number of carbonyl (C=O) groups excluding carboxylic acids is 4. The van der Waals surface area contributed by atoms with Crippen LogP contribution in [0.3, 0.4) is 0 Å². The molecule has 0 spiro atoms. The SMILES string of the molecule is C=CC(=O)COc1ccc(-c2ccc(C(=O)Oc3ccc(OCC(=O)C=C)c(OCC(=O)C=C)c3)cc2)cc1. The van der Waals surface area contributed by atoms with Crippen LogP contribution in [-0.2, 0) is 14.4 Å². The van der Waals surface area contributed by atoms with Gasteiger partial charge in [-0.15, -0.1) is 0 Å². The fourth-order valence-corrected chi connectivity index (χ4v) is 3.12. The van der Waals surface area contributed by atoms with Crippen molar-refractivity contribution in [1.82, 2.24) is 0 Å². The van der Waals surface area contributed by atoms with Gasteiger partial charge in [-0.25, -0.2) is 4.79 Å². The summed E-state index contributed by atoms with van der Waals surface area (Å²) in [6, 6.07) is 18.3. The molecule has 0 aliphatic rings. The predicted molar refractivity (Wildman–Crippen MR) is 145 cm³/mol. The van der Waals surface area contributed by atoms with Gasteiger partial charge in [-0.1, -0.05) is 44.0 Å². The largest absolute Gasteiger partial charge is 0.485 e.